The summed E-state index contributed by atoms with van der Waals surface area (Å²) in [5, 5.41) is 0. The fourth-order valence-corrected chi connectivity index (χ4v) is 34.5. The molecule has 0 N–H and O–H groups in total. The van der Waals surface area contributed by atoms with Gasteiger partial charge in [-0.2, -0.15) is 0 Å². The molecule has 7 nitrogen and oxygen atoms in total. The third-order valence-corrected chi connectivity index (χ3v) is 30.8. The lowest BCUT2D eigenvalue weighted by Gasteiger charge is -2.51. The van der Waals surface area contributed by atoms with Gasteiger partial charge in [0.2, 0.25) is 0 Å². The maximum absolute atomic E-state index is 7.21. The highest BCUT2D eigenvalue weighted by molar-refractivity contribution is 6.96. The summed E-state index contributed by atoms with van der Waals surface area (Å²) in [5.74, 6) is 0. The second-order valence-electron chi connectivity index (χ2n) is 11.0. The van der Waals surface area contributed by atoms with Gasteiger partial charge in [-0.25, -0.2) is 0 Å². The Hall–Kier alpha value is 0.0244. The molecule has 0 aromatic rings. The van der Waals surface area contributed by atoms with Crippen molar-refractivity contribution in [1.82, 2.24) is 0 Å². The molecular weight excluding hydrogens is 565 g/mol. The number of hydrogen-bond donors (Lipinski definition) is 0. The smallest absolute Gasteiger partial charge is 0.416 e. The Balaban J connectivity index is 3.43. The lowest BCUT2D eigenvalue weighted by molar-refractivity contribution is 0.124. The molecule has 1 aliphatic rings. The van der Waals surface area contributed by atoms with Crippen molar-refractivity contribution in [1.29, 1.82) is 0 Å². The summed E-state index contributed by atoms with van der Waals surface area (Å²) in [5.41, 5.74) is 0.498. The van der Waals surface area contributed by atoms with Crippen molar-refractivity contribution in [2.75, 3.05) is 21.3 Å². The van der Waals surface area contributed by atoms with Gasteiger partial charge >= 0.3 is 43.0 Å². The number of unbranched alkanes of at least 4 members (excludes halogenated alkanes) is 6. The van der Waals surface area contributed by atoms with Crippen LogP contribution in [0.5, 0.6) is 0 Å². The van der Waals surface area contributed by atoms with Crippen molar-refractivity contribution >= 4 is 43.0 Å². The van der Waals surface area contributed by atoms with E-state index in [-0.39, 0.29) is 0 Å². The van der Waals surface area contributed by atoms with Crippen LogP contribution in [0.25, 0.3) is 0 Å². The van der Waals surface area contributed by atoms with E-state index >= 15 is 0 Å². The van der Waals surface area contributed by atoms with Crippen LogP contribution in [0.1, 0.15) is 57.8 Å². The zero-order chi connectivity index (χ0) is 28.8. The zero-order valence-electron chi connectivity index (χ0n) is 25.4. The zero-order valence-corrected chi connectivity index (χ0v) is 30.4. The van der Waals surface area contributed by atoms with E-state index in [0.29, 0.717) is 5.67 Å². The minimum absolute atomic E-state index is 0.498. The van der Waals surface area contributed by atoms with Crippen LogP contribution >= 0.6 is 0 Å². The van der Waals surface area contributed by atoms with Crippen molar-refractivity contribution in [3.05, 3.63) is 38.0 Å². The van der Waals surface area contributed by atoms with Crippen LogP contribution in [-0.2, 0) is 29.7 Å². The van der Waals surface area contributed by atoms with E-state index in [2.05, 4.69) is 45.9 Å². The van der Waals surface area contributed by atoms with E-state index in [0.717, 1.165) is 75.9 Å². The minimum atomic E-state index is -2.97. The highest BCUT2D eigenvalue weighted by Gasteiger charge is 2.60. The van der Waals surface area contributed by atoms with Crippen LogP contribution in [0.15, 0.2) is 38.0 Å². The minimum Gasteiger partial charge on any atom is -0.416 e. The summed E-state index contributed by atoms with van der Waals surface area (Å²) in [6, 6.07) is 2.72. The molecule has 222 valence electrons. The molecule has 12 heteroatoms. The molecule has 0 aromatic heterocycles. The highest BCUT2D eigenvalue weighted by Crippen LogP contribution is 2.40. The standard InChI is InChI=1S/C26H56O7Si5/c1-11-14-17-20-23-34(7)30-35(8,24-21-18-15-12-2)32-37(10,26-38(27-4,28-5)29-6)33-36(9,31-34)25-22-19-16-13-3/h11-13H,1-3,14-26H2,4-10H3. The summed E-state index contributed by atoms with van der Waals surface area (Å²) in [6.07, 6.45) is 15.3. The molecule has 1 aliphatic heterocycles. The Labute approximate surface area is 239 Å². The molecule has 2 unspecified atom stereocenters. The molecule has 0 saturated carbocycles. The average Bonchev–Trinajstić information content (AvgIpc) is 2.85. The van der Waals surface area contributed by atoms with Crippen LogP contribution in [-0.4, -0.2) is 64.4 Å². The van der Waals surface area contributed by atoms with E-state index < -0.39 is 43.0 Å². The lowest BCUT2D eigenvalue weighted by Crippen LogP contribution is -2.69. The van der Waals surface area contributed by atoms with Gasteiger partial charge in [0, 0.05) is 21.3 Å². The molecule has 0 amide bonds. The van der Waals surface area contributed by atoms with Gasteiger partial charge < -0.3 is 29.7 Å². The third-order valence-electron chi connectivity index (χ3n) is 7.07. The van der Waals surface area contributed by atoms with Gasteiger partial charge in [-0.05, 0) is 82.8 Å². The SMILES string of the molecule is C=CCCCC[Si]1(C)O[Si](C)(CCCCC=C)O[Si](C)(C[Si](OC)(OC)OC)O[Si](C)(CCCCC=C)O1. The molecule has 1 rings (SSSR count). The second kappa shape index (κ2) is 17.1. The molecule has 0 bridgehead atoms. The van der Waals surface area contributed by atoms with Crippen LogP contribution in [0.2, 0.25) is 50.0 Å². The van der Waals surface area contributed by atoms with Crippen LogP contribution in [0.4, 0.5) is 0 Å². The van der Waals surface area contributed by atoms with Crippen molar-refractivity contribution in [3.63, 3.8) is 0 Å². The summed E-state index contributed by atoms with van der Waals surface area (Å²) in [6.45, 7) is 20.4. The molecule has 38 heavy (non-hydrogen) atoms. The Morgan fingerprint density at radius 2 is 0.816 bits per heavy atom. The van der Waals surface area contributed by atoms with E-state index in [9.17, 15) is 0 Å². The average molecular weight is 621 g/mol. The van der Waals surface area contributed by atoms with Crippen molar-refractivity contribution in [2.45, 2.75) is 108 Å². The predicted molar refractivity (Wildman–Crippen MR) is 169 cm³/mol. The predicted octanol–water partition coefficient (Wildman–Crippen LogP) is 7.84. The van der Waals surface area contributed by atoms with Crippen LogP contribution < -0.4 is 0 Å². The topological polar surface area (TPSA) is 64.6 Å². The van der Waals surface area contributed by atoms with Gasteiger partial charge in [0.25, 0.3) is 0 Å². The van der Waals surface area contributed by atoms with Gasteiger partial charge in [0.1, 0.15) is 0 Å². The summed E-state index contributed by atoms with van der Waals surface area (Å²) >= 11 is 0. The first-order valence-corrected chi connectivity index (χ1v) is 26.2. The monoisotopic (exact) mass is 620 g/mol. The van der Waals surface area contributed by atoms with Gasteiger partial charge in [-0.3, -0.25) is 0 Å². The molecule has 0 radical (unpaired) electrons. The number of rotatable bonds is 20. The summed E-state index contributed by atoms with van der Waals surface area (Å²) in [7, 11) is -8.85. The number of hydrogen-bond acceptors (Lipinski definition) is 7. The largest absolute Gasteiger partial charge is 0.502 e. The maximum atomic E-state index is 7.21. The fraction of sp³-hybridized carbons (Fsp3) is 0.769. The van der Waals surface area contributed by atoms with Crippen molar-refractivity contribution in [2.24, 2.45) is 0 Å². The van der Waals surface area contributed by atoms with Crippen LogP contribution in [0, 0.1) is 0 Å². The first kappa shape index (κ1) is 36.1. The van der Waals surface area contributed by atoms with Crippen molar-refractivity contribution < 1.29 is 29.7 Å². The first-order chi connectivity index (χ1) is 17.9. The fourth-order valence-electron chi connectivity index (χ4n) is 5.35. The van der Waals surface area contributed by atoms with Crippen LogP contribution in [0.3, 0.4) is 0 Å². The molecule has 1 heterocycles. The summed E-state index contributed by atoms with van der Waals surface area (Å²) in [4.78, 5) is 0. The normalized spacial score (nSPS) is 30.4. The maximum Gasteiger partial charge on any atom is 0.502 e. The van der Waals surface area contributed by atoms with E-state index in [4.69, 9.17) is 29.7 Å². The van der Waals surface area contributed by atoms with E-state index in [1.807, 2.05) is 18.2 Å². The first-order valence-electron chi connectivity index (χ1n) is 14.2. The van der Waals surface area contributed by atoms with Gasteiger partial charge in [-0.15, -0.1) is 19.7 Å². The van der Waals surface area contributed by atoms with E-state index in [1.165, 1.54) is 0 Å². The molecular formula is C26H56O7Si5. The lowest BCUT2D eigenvalue weighted by atomic mass is 10.2. The van der Waals surface area contributed by atoms with Crippen molar-refractivity contribution in [3.8, 4) is 0 Å². The molecule has 0 aromatic carbocycles. The second-order valence-corrected chi connectivity index (χ2v) is 28.9. The van der Waals surface area contributed by atoms with Gasteiger partial charge in [-0.1, -0.05) is 37.5 Å². The van der Waals surface area contributed by atoms with Gasteiger partial charge in [0.15, 0.2) is 0 Å². The molecule has 2 atom stereocenters. The Morgan fingerprint density at radius 1 is 0.526 bits per heavy atom. The molecule has 0 spiro atoms. The summed E-state index contributed by atoms with van der Waals surface area (Å²) < 4.78 is 46.4. The van der Waals surface area contributed by atoms with E-state index in [1.54, 1.807) is 21.3 Å². The Kier molecular flexibility index (Phi) is 16.2. The molecule has 1 fully saturated rings. The highest BCUT2D eigenvalue weighted by atomic mass is 28.5. The number of allylic oxidation sites excluding steroid dienone is 3. The third kappa shape index (κ3) is 12.3. The molecule has 1 saturated heterocycles. The van der Waals surface area contributed by atoms with Gasteiger partial charge in [0.05, 0.1) is 5.67 Å². The molecule has 0 aliphatic carbocycles. The quantitative estimate of drug-likeness (QED) is 0.0780. The Morgan fingerprint density at radius 3 is 1.08 bits per heavy atom. The Bertz CT molecular complexity index is 682.